The van der Waals surface area contributed by atoms with Gasteiger partial charge in [-0.3, -0.25) is 4.79 Å². The van der Waals surface area contributed by atoms with E-state index in [4.69, 9.17) is 4.74 Å². The minimum atomic E-state index is -0.0387. The molecular weight excluding hydrogens is 350 g/mol. The van der Waals surface area contributed by atoms with Crippen molar-refractivity contribution in [3.05, 3.63) is 47.3 Å². The maximum absolute atomic E-state index is 12.0. The number of aromatic nitrogens is 4. The zero-order valence-corrected chi connectivity index (χ0v) is 15.8. The van der Waals surface area contributed by atoms with E-state index in [-0.39, 0.29) is 11.7 Å². The zero-order valence-electron chi connectivity index (χ0n) is 15.0. The predicted molar refractivity (Wildman–Crippen MR) is 101 cm³/mol. The first-order valence-electron chi connectivity index (χ1n) is 8.28. The van der Waals surface area contributed by atoms with Crippen molar-refractivity contribution in [3.63, 3.8) is 0 Å². The number of benzene rings is 1. The van der Waals surface area contributed by atoms with Crippen molar-refractivity contribution in [1.29, 1.82) is 0 Å². The Morgan fingerprint density at radius 2 is 2.00 bits per heavy atom. The Hall–Kier alpha value is -2.61. The van der Waals surface area contributed by atoms with Crippen LogP contribution in [0.25, 0.3) is 5.78 Å². The monoisotopic (exact) mass is 371 g/mol. The second-order valence-electron chi connectivity index (χ2n) is 5.88. The normalized spacial score (nSPS) is 10.9. The van der Waals surface area contributed by atoms with E-state index in [1.807, 2.05) is 44.2 Å². The maximum Gasteiger partial charge on any atom is 0.253 e. The van der Waals surface area contributed by atoms with E-state index in [0.717, 1.165) is 29.1 Å². The SMILES string of the molecule is COc1ccc(CCNC(=O)CSc2nc3nc(C)cc(C)n3n2)cc1. The van der Waals surface area contributed by atoms with Crippen molar-refractivity contribution >= 4 is 23.4 Å². The van der Waals surface area contributed by atoms with E-state index < -0.39 is 0 Å². The molecule has 0 atom stereocenters. The molecular formula is C18H21N5O2S. The number of aryl methyl sites for hydroxylation is 2. The van der Waals surface area contributed by atoms with E-state index in [9.17, 15) is 4.79 Å². The number of carbonyl (C=O) groups is 1. The van der Waals surface area contributed by atoms with Crippen LogP contribution >= 0.6 is 11.8 Å². The molecule has 1 N–H and O–H groups in total. The van der Waals surface area contributed by atoms with Crippen molar-refractivity contribution in [3.8, 4) is 5.75 Å². The van der Waals surface area contributed by atoms with Crippen molar-refractivity contribution in [2.75, 3.05) is 19.4 Å². The van der Waals surface area contributed by atoms with Gasteiger partial charge in [-0.15, -0.1) is 5.10 Å². The molecule has 136 valence electrons. The van der Waals surface area contributed by atoms with E-state index in [2.05, 4.69) is 20.4 Å². The quantitative estimate of drug-likeness (QED) is 0.641. The molecule has 0 spiro atoms. The Morgan fingerprint density at radius 1 is 1.23 bits per heavy atom. The second-order valence-corrected chi connectivity index (χ2v) is 6.82. The van der Waals surface area contributed by atoms with Gasteiger partial charge >= 0.3 is 0 Å². The summed E-state index contributed by atoms with van der Waals surface area (Å²) in [7, 11) is 1.64. The first-order valence-corrected chi connectivity index (χ1v) is 9.27. The number of hydrogen-bond acceptors (Lipinski definition) is 6. The first kappa shape index (κ1) is 18.2. The van der Waals surface area contributed by atoms with Crippen LogP contribution < -0.4 is 10.1 Å². The smallest absolute Gasteiger partial charge is 0.253 e. The first-order chi connectivity index (χ1) is 12.5. The zero-order chi connectivity index (χ0) is 18.5. The van der Waals surface area contributed by atoms with Crippen LogP contribution in [0.1, 0.15) is 17.0 Å². The van der Waals surface area contributed by atoms with Gasteiger partial charge in [0, 0.05) is 17.9 Å². The van der Waals surface area contributed by atoms with Crippen LogP contribution in [-0.2, 0) is 11.2 Å². The molecule has 0 aliphatic heterocycles. The minimum absolute atomic E-state index is 0.0387. The van der Waals surface area contributed by atoms with Gasteiger partial charge in [-0.25, -0.2) is 9.50 Å². The molecule has 0 saturated carbocycles. The van der Waals surface area contributed by atoms with E-state index in [1.165, 1.54) is 11.8 Å². The Bertz CT molecular complexity index is 908. The van der Waals surface area contributed by atoms with E-state index in [1.54, 1.807) is 11.6 Å². The van der Waals surface area contributed by atoms with Crippen LogP contribution in [0.5, 0.6) is 5.75 Å². The highest BCUT2D eigenvalue weighted by Gasteiger charge is 2.10. The van der Waals surface area contributed by atoms with Crippen LogP contribution in [0.3, 0.4) is 0 Å². The summed E-state index contributed by atoms with van der Waals surface area (Å²) < 4.78 is 6.82. The lowest BCUT2D eigenvalue weighted by Gasteiger charge is -2.05. The molecule has 0 aliphatic carbocycles. The van der Waals surface area contributed by atoms with Crippen LogP contribution in [-0.4, -0.2) is 44.9 Å². The van der Waals surface area contributed by atoms with Crippen molar-refractivity contribution < 1.29 is 9.53 Å². The van der Waals surface area contributed by atoms with Crippen LogP contribution in [0.2, 0.25) is 0 Å². The number of fused-ring (bicyclic) bond motifs is 1. The molecule has 2 aromatic heterocycles. The largest absolute Gasteiger partial charge is 0.497 e. The summed E-state index contributed by atoms with van der Waals surface area (Å²) >= 11 is 1.31. The lowest BCUT2D eigenvalue weighted by atomic mass is 10.1. The summed E-state index contributed by atoms with van der Waals surface area (Å²) in [6.45, 7) is 4.46. The molecule has 0 fully saturated rings. The molecule has 3 rings (SSSR count). The summed E-state index contributed by atoms with van der Waals surface area (Å²) in [6.07, 6.45) is 0.773. The third-order valence-corrected chi connectivity index (χ3v) is 4.66. The Balaban J connectivity index is 1.47. The average molecular weight is 371 g/mol. The minimum Gasteiger partial charge on any atom is -0.497 e. The van der Waals surface area contributed by atoms with Gasteiger partial charge in [0.15, 0.2) is 0 Å². The van der Waals surface area contributed by atoms with Gasteiger partial charge in [0.05, 0.1) is 12.9 Å². The number of carbonyl (C=O) groups excluding carboxylic acids is 1. The predicted octanol–water partition coefficient (Wildman–Crippen LogP) is 2.20. The third-order valence-electron chi connectivity index (χ3n) is 3.83. The molecule has 1 aromatic carbocycles. The lowest BCUT2D eigenvalue weighted by Crippen LogP contribution is -2.27. The summed E-state index contributed by atoms with van der Waals surface area (Å²) in [6, 6.07) is 9.77. The van der Waals surface area contributed by atoms with Gasteiger partial charge < -0.3 is 10.1 Å². The average Bonchev–Trinajstić information content (AvgIpc) is 3.04. The van der Waals surface area contributed by atoms with Gasteiger partial charge in [-0.2, -0.15) is 4.98 Å². The molecule has 7 nitrogen and oxygen atoms in total. The van der Waals surface area contributed by atoms with E-state index >= 15 is 0 Å². The molecule has 2 heterocycles. The number of nitrogens with zero attached hydrogens (tertiary/aromatic N) is 4. The molecule has 26 heavy (non-hydrogen) atoms. The summed E-state index contributed by atoms with van der Waals surface area (Å²) in [5.41, 5.74) is 3.02. The van der Waals surface area contributed by atoms with Gasteiger partial charge in [-0.1, -0.05) is 23.9 Å². The summed E-state index contributed by atoms with van der Waals surface area (Å²) in [5.74, 6) is 1.62. The van der Waals surface area contributed by atoms with Gasteiger partial charge in [0.25, 0.3) is 5.78 Å². The Kier molecular flexibility index (Phi) is 5.72. The fourth-order valence-electron chi connectivity index (χ4n) is 2.53. The molecule has 0 unspecified atom stereocenters. The third kappa shape index (κ3) is 4.51. The van der Waals surface area contributed by atoms with Crippen molar-refractivity contribution in [2.45, 2.75) is 25.4 Å². The van der Waals surface area contributed by atoms with Gasteiger partial charge in [0.2, 0.25) is 11.1 Å². The topological polar surface area (TPSA) is 81.4 Å². The highest BCUT2D eigenvalue weighted by Crippen LogP contribution is 2.15. The molecule has 1 amide bonds. The number of amides is 1. The molecule has 0 radical (unpaired) electrons. The van der Waals surface area contributed by atoms with Gasteiger partial charge in [0.1, 0.15) is 5.75 Å². The number of methoxy groups -OCH3 is 1. The maximum atomic E-state index is 12.0. The van der Waals surface area contributed by atoms with Crippen LogP contribution in [0, 0.1) is 13.8 Å². The van der Waals surface area contributed by atoms with Crippen LogP contribution in [0.4, 0.5) is 0 Å². The summed E-state index contributed by atoms with van der Waals surface area (Å²) in [4.78, 5) is 20.7. The highest BCUT2D eigenvalue weighted by molar-refractivity contribution is 7.99. The lowest BCUT2D eigenvalue weighted by molar-refractivity contribution is -0.118. The van der Waals surface area contributed by atoms with Crippen LogP contribution in [0.15, 0.2) is 35.5 Å². The Labute approximate surface area is 156 Å². The molecule has 8 heteroatoms. The van der Waals surface area contributed by atoms with E-state index in [0.29, 0.717) is 17.5 Å². The van der Waals surface area contributed by atoms with Crippen molar-refractivity contribution in [2.24, 2.45) is 0 Å². The highest BCUT2D eigenvalue weighted by atomic mass is 32.2. The Morgan fingerprint density at radius 3 is 2.73 bits per heavy atom. The number of nitrogens with one attached hydrogen (secondary N) is 1. The second kappa shape index (κ2) is 8.18. The fraction of sp³-hybridized carbons (Fsp3) is 0.333. The number of rotatable bonds is 7. The molecule has 3 aromatic rings. The summed E-state index contributed by atoms with van der Waals surface area (Å²) in [5, 5.41) is 7.85. The molecule has 0 aliphatic rings. The van der Waals surface area contributed by atoms with Crippen molar-refractivity contribution in [1.82, 2.24) is 24.9 Å². The fourth-order valence-corrected chi connectivity index (χ4v) is 3.18. The van der Waals surface area contributed by atoms with Gasteiger partial charge in [-0.05, 0) is 44.0 Å². The number of ether oxygens (including phenoxy) is 1. The number of hydrogen-bond donors (Lipinski definition) is 1. The standard InChI is InChI=1S/C18H21N5O2S/c1-12-10-13(2)23-17(20-12)21-18(22-23)26-11-16(24)19-9-8-14-4-6-15(25-3)7-5-14/h4-7,10H,8-9,11H2,1-3H3,(H,19,24). The molecule has 0 bridgehead atoms. The number of thioether (sulfide) groups is 1. The molecule has 0 saturated heterocycles.